The van der Waals surface area contributed by atoms with Crippen molar-refractivity contribution in [3.05, 3.63) is 101 Å². The van der Waals surface area contributed by atoms with E-state index in [2.05, 4.69) is 20.4 Å². The molecule has 0 bridgehead atoms. The Bertz CT molecular complexity index is 1700. The van der Waals surface area contributed by atoms with Crippen molar-refractivity contribution in [3.8, 4) is 11.4 Å². The first kappa shape index (κ1) is 31.2. The van der Waals surface area contributed by atoms with E-state index in [9.17, 15) is 23.6 Å². The summed E-state index contributed by atoms with van der Waals surface area (Å²) in [5.41, 5.74) is 2.79. The number of benzene rings is 3. The van der Waals surface area contributed by atoms with Crippen molar-refractivity contribution >= 4 is 11.8 Å². The van der Waals surface area contributed by atoms with Crippen molar-refractivity contribution in [2.24, 2.45) is 0 Å². The van der Waals surface area contributed by atoms with Gasteiger partial charge in [0.2, 0.25) is 0 Å². The second-order valence-corrected chi connectivity index (χ2v) is 12.0. The molecule has 0 saturated carbocycles. The van der Waals surface area contributed by atoms with E-state index in [1.165, 1.54) is 24.2 Å². The van der Waals surface area contributed by atoms with Crippen LogP contribution in [-0.2, 0) is 15.6 Å². The van der Waals surface area contributed by atoms with Gasteiger partial charge in [0.25, 0.3) is 11.8 Å². The Morgan fingerprint density at radius 3 is 2.41 bits per heavy atom. The Morgan fingerprint density at radius 1 is 0.957 bits per heavy atom. The number of tetrazole rings is 1. The van der Waals surface area contributed by atoms with E-state index in [0.717, 1.165) is 11.6 Å². The minimum atomic E-state index is -0.932. The number of piperidine rings is 1. The molecule has 13 heteroatoms. The normalized spacial score (nSPS) is 19.6. The predicted molar refractivity (Wildman–Crippen MR) is 163 cm³/mol. The number of methoxy groups -OCH3 is 1. The zero-order chi connectivity index (χ0) is 32.3. The van der Waals surface area contributed by atoms with Gasteiger partial charge in [0.1, 0.15) is 12.1 Å². The molecule has 2 N–H and O–H groups in total. The number of halogens is 2. The lowest BCUT2D eigenvalue weighted by Crippen LogP contribution is -2.51. The number of carbonyl (C=O) groups is 2. The maximum absolute atomic E-state index is 14.6. The largest absolute Gasteiger partial charge is 0.496 e. The van der Waals surface area contributed by atoms with Gasteiger partial charge >= 0.3 is 0 Å². The molecule has 4 aromatic rings. The van der Waals surface area contributed by atoms with E-state index in [1.807, 2.05) is 35.8 Å². The topological polar surface area (TPSA) is 126 Å². The zero-order valence-corrected chi connectivity index (χ0v) is 25.4. The van der Waals surface area contributed by atoms with Crippen LogP contribution in [0, 0.1) is 11.6 Å². The van der Waals surface area contributed by atoms with Gasteiger partial charge in [0, 0.05) is 18.5 Å². The Hall–Kier alpha value is -4.75. The zero-order valence-electron chi connectivity index (χ0n) is 25.4. The fraction of sp³-hybridized carbons (Fsp3) is 0.364. The molecule has 1 atom stereocenters. The summed E-state index contributed by atoms with van der Waals surface area (Å²) in [6.45, 7) is 2.51. The molecule has 3 heterocycles. The van der Waals surface area contributed by atoms with Crippen molar-refractivity contribution in [3.63, 3.8) is 0 Å². The highest BCUT2D eigenvalue weighted by atomic mass is 19.2. The van der Waals surface area contributed by atoms with Crippen molar-refractivity contribution in [1.82, 2.24) is 35.5 Å². The Kier molecular flexibility index (Phi) is 8.78. The number of carbonyl (C=O) groups excluding carboxylic acids is 2. The third kappa shape index (κ3) is 5.83. The van der Waals surface area contributed by atoms with Gasteiger partial charge < -0.3 is 14.5 Å². The number of hydroxylamine groups is 1. The fourth-order valence-corrected chi connectivity index (χ4v) is 6.95. The maximum Gasteiger partial charge on any atom is 0.257 e. The van der Waals surface area contributed by atoms with E-state index in [1.54, 1.807) is 29.2 Å². The SMILES string of the molecule is COc1ccc(-n2cnnn2)cc1C(=O)N1CCC(CCN2CCC(C(=O)NO)(c3ccccc3)CC2)(c2ccc(F)c(F)c2)C1. The molecule has 1 aromatic heterocycles. The van der Waals surface area contributed by atoms with E-state index >= 15 is 0 Å². The second kappa shape index (κ2) is 12.9. The number of aromatic nitrogens is 4. The highest BCUT2D eigenvalue weighted by molar-refractivity contribution is 5.98. The molecule has 2 amide bonds. The maximum atomic E-state index is 14.6. The summed E-state index contributed by atoms with van der Waals surface area (Å²) in [4.78, 5) is 30.9. The first-order valence-corrected chi connectivity index (χ1v) is 15.2. The summed E-state index contributed by atoms with van der Waals surface area (Å²) in [6, 6.07) is 18.5. The smallest absolute Gasteiger partial charge is 0.257 e. The molecule has 2 aliphatic heterocycles. The molecule has 0 radical (unpaired) electrons. The van der Waals surface area contributed by atoms with Crippen molar-refractivity contribution in [1.29, 1.82) is 0 Å². The first-order valence-electron chi connectivity index (χ1n) is 15.2. The van der Waals surface area contributed by atoms with Gasteiger partial charge in [-0.05, 0) is 97.2 Å². The third-order valence-electron chi connectivity index (χ3n) is 9.68. The molecule has 3 aromatic carbocycles. The van der Waals surface area contributed by atoms with E-state index < -0.39 is 28.4 Å². The average molecular weight is 632 g/mol. The van der Waals surface area contributed by atoms with Crippen LogP contribution >= 0.6 is 0 Å². The van der Waals surface area contributed by atoms with E-state index in [0.29, 0.717) is 81.0 Å². The summed E-state index contributed by atoms with van der Waals surface area (Å²) in [5.74, 6) is -2.14. The van der Waals surface area contributed by atoms with E-state index in [-0.39, 0.29) is 5.91 Å². The minimum Gasteiger partial charge on any atom is -0.496 e. The Balaban J connectivity index is 1.23. The standard InChI is InChI=1S/C33H35F2N7O4/c1-46-29-10-8-25(42-22-36-38-39-42)20-26(29)30(43)41-18-12-32(21-41,24-7-9-27(34)28(35)19-24)11-15-40-16-13-33(14-17-40,31(44)37-45)23-5-3-2-4-6-23/h2-10,19-20,22,45H,11-18,21H2,1H3,(H,37,44). The lowest BCUT2D eigenvalue weighted by molar-refractivity contribution is -0.137. The van der Waals surface area contributed by atoms with Crippen LogP contribution in [0.3, 0.4) is 0 Å². The summed E-state index contributed by atoms with van der Waals surface area (Å²) in [7, 11) is 1.49. The molecule has 2 fully saturated rings. The van der Waals surface area contributed by atoms with Crippen LogP contribution < -0.4 is 10.2 Å². The molecule has 6 rings (SSSR count). The number of nitrogens with zero attached hydrogens (tertiary/aromatic N) is 6. The lowest BCUT2D eigenvalue weighted by atomic mass is 9.71. The summed E-state index contributed by atoms with van der Waals surface area (Å²) in [5, 5.41) is 20.8. The Morgan fingerprint density at radius 2 is 1.74 bits per heavy atom. The molecule has 0 spiro atoms. The van der Waals surface area contributed by atoms with Gasteiger partial charge in [-0.25, -0.2) is 18.9 Å². The van der Waals surface area contributed by atoms with Gasteiger partial charge in [0.05, 0.1) is 23.8 Å². The summed E-state index contributed by atoms with van der Waals surface area (Å²) >= 11 is 0. The summed E-state index contributed by atoms with van der Waals surface area (Å²) < 4.78 is 35.6. The quantitative estimate of drug-likeness (QED) is 0.212. The molecular formula is C33H35F2N7O4. The molecule has 240 valence electrons. The third-order valence-corrected chi connectivity index (χ3v) is 9.68. The number of hydrogen-bond donors (Lipinski definition) is 2. The Labute approximate surface area is 264 Å². The monoisotopic (exact) mass is 631 g/mol. The average Bonchev–Trinajstić information content (AvgIpc) is 3.80. The molecule has 2 aliphatic rings. The van der Waals surface area contributed by atoms with Crippen LogP contribution in [0.5, 0.6) is 5.75 Å². The summed E-state index contributed by atoms with van der Waals surface area (Å²) in [6.07, 6.45) is 3.57. The molecule has 46 heavy (non-hydrogen) atoms. The number of likely N-dealkylation sites (tertiary alicyclic amines) is 2. The van der Waals surface area contributed by atoms with Crippen LogP contribution in [-0.4, -0.2) is 86.9 Å². The minimum absolute atomic E-state index is 0.253. The van der Waals surface area contributed by atoms with E-state index in [4.69, 9.17) is 4.74 Å². The van der Waals surface area contributed by atoms with Crippen molar-refractivity contribution in [2.75, 3.05) is 39.8 Å². The number of amides is 2. The lowest BCUT2D eigenvalue weighted by Gasteiger charge is -2.41. The van der Waals surface area contributed by atoms with Gasteiger partial charge in [-0.15, -0.1) is 5.10 Å². The van der Waals surface area contributed by atoms with Crippen LogP contribution in [0.25, 0.3) is 5.69 Å². The predicted octanol–water partition coefficient (Wildman–Crippen LogP) is 3.66. The molecule has 2 saturated heterocycles. The second-order valence-electron chi connectivity index (χ2n) is 12.0. The first-order chi connectivity index (χ1) is 22.3. The molecule has 1 unspecified atom stereocenters. The van der Waals surface area contributed by atoms with Crippen molar-refractivity contribution < 1.29 is 28.3 Å². The van der Waals surface area contributed by atoms with Gasteiger partial charge in [-0.3, -0.25) is 14.8 Å². The molecule has 11 nitrogen and oxygen atoms in total. The van der Waals surface area contributed by atoms with Crippen LogP contribution in [0.2, 0.25) is 0 Å². The number of ether oxygens (including phenoxy) is 1. The van der Waals surface area contributed by atoms with Crippen molar-refractivity contribution in [2.45, 2.75) is 36.5 Å². The van der Waals surface area contributed by atoms with Crippen LogP contribution in [0.15, 0.2) is 73.1 Å². The molecular weight excluding hydrogens is 596 g/mol. The van der Waals surface area contributed by atoms with Crippen LogP contribution in [0.1, 0.15) is 47.2 Å². The highest BCUT2D eigenvalue weighted by Gasteiger charge is 2.45. The van der Waals surface area contributed by atoms with Crippen LogP contribution in [0.4, 0.5) is 8.78 Å². The van der Waals surface area contributed by atoms with Gasteiger partial charge in [0.15, 0.2) is 11.6 Å². The highest BCUT2D eigenvalue weighted by Crippen LogP contribution is 2.41. The number of rotatable bonds is 9. The number of hydrogen-bond acceptors (Lipinski definition) is 8. The van der Waals surface area contributed by atoms with Gasteiger partial charge in [-0.1, -0.05) is 36.4 Å². The van der Waals surface area contributed by atoms with Gasteiger partial charge in [-0.2, -0.15) is 0 Å². The molecule has 0 aliphatic carbocycles. The fourth-order valence-electron chi connectivity index (χ4n) is 6.95. The number of nitrogens with one attached hydrogen (secondary N) is 1.